The molecule has 3 rings (SSSR count). The molecule has 5 heteroatoms. The van der Waals surface area contributed by atoms with Gasteiger partial charge in [-0.05, 0) is 25.0 Å². The van der Waals surface area contributed by atoms with E-state index < -0.39 is 0 Å². The molecule has 1 amide bonds. The maximum Gasteiger partial charge on any atom is 0.224 e. The maximum absolute atomic E-state index is 12.0. The topological polar surface area (TPSA) is 55.2 Å². The molecule has 2 heterocycles. The van der Waals surface area contributed by atoms with E-state index in [0.29, 0.717) is 18.4 Å². The maximum atomic E-state index is 12.0. The van der Waals surface area contributed by atoms with E-state index in [1.165, 1.54) is 6.20 Å². The Morgan fingerprint density at radius 2 is 1.95 bits per heavy atom. The molecule has 2 aromatic rings. The van der Waals surface area contributed by atoms with Crippen molar-refractivity contribution in [1.29, 1.82) is 0 Å². The second-order valence-electron chi connectivity index (χ2n) is 5.09. The summed E-state index contributed by atoms with van der Waals surface area (Å²) in [7, 11) is 0. The molecule has 0 N–H and O–H groups in total. The first-order valence-electron chi connectivity index (χ1n) is 6.98. The third-order valence-electron chi connectivity index (χ3n) is 3.76. The quantitative estimate of drug-likeness (QED) is 0.848. The van der Waals surface area contributed by atoms with Crippen LogP contribution in [0.25, 0.3) is 10.9 Å². The number of fused-ring (bicyclic) bond motifs is 1. The molecule has 104 valence electrons. The van der Waals surface area contributed by atoms with E-state index in [-0.39, 0.29) is 11.3 Å². The van der Waals surface area contributed by atoms with Crippen LogP contribution in [0.4, 0.5) is 0 Å². The van der Waals surface area contributed by atoms with Crippen LogP contribution in [-0.4, -0.2) is 33.7 Å². The summed E-state index contributed by atoms with van der Waals surface area (Å²) in [5.41, 5.74) is 0.706. The molecule has 0 radical (unpaired) electrons. The van der Waals surface area contributed by atoms with Crippen molar-refractivity contribution >= 4 is 16.8 Å². The van der Waals surface area contributed by atoms with Crippen molar-refractivity contribution in [2.24, 2.45) is 0 Å². The van der Waals surface area contributed by atoms with Crippen molar-refractivity contribution in [3.05, 3.63) is 40.7 Å². The minimum atomic E-state index is -0.0808. The van der Waals surface area contributed by atoms with Crippen LogP contribution in [0.15, 0.2) is 35.3 Å². The van der Waals surface area contributed by atoms with Crippen LogP contribution in [0.1, 0.15) is 19.3 Å². The average molecular weight is 271 g/mol. The molecule has 5 nitrogen and oxygen atoms in total. The van der Waals surface area contributed by atoms with E-state index in [4.69, 9.17) is 0 Å². The number of carbonyl (C=O) groups is 1. The zero-order valence-electron chi connectivity index (χ0n) is 11.3. The Hall–Kier alpha value is -2.17. The summed E-state index contributed by atoms with van der Waals surface area (Å²) in [6, 6.07) is 7.37. The van der Waals surface area contributed by atoms with Crippen molar-refractivity contribution in [1.82, 2.24) is 14.7 Å². The Morgan fingerprint density at radius 3 is 2.75 bits per heavy atom. The van der Waals surface area contributed by atoms with Gasteiger partial charge in [0.2, 0.25) is 11.3 Å². The van der Waals surface area contributed by atoms with Crippen LogP contribution in [0, 0.1) is 0 Å². The molecular formula is C15H17N3O2. The summed E-state index contributed by atoms with van der Waals surface area (Å²) in [4.78, 5) is 25.7. The lowest BCUT2D eigenvalue weighted by molar-refractivity contribution is -0.130. The fourth-order valence-electron chi connectivity index (χ4n) is 2.67. The first kappa shape index (κ1) is 12.8. The highest BCUT2D eigenvalue weighted by molar-refractivity contribution is 5.79. The van der Waals surface area contributed by atoms with E-state index in [9.17, 15) is 9.59 Å². The van der Waals surface area contributed by atoms with Crippen molar-refractivity contribution in [3.8, 4) is 0 Å². The summed E-state index contributed by atoms with van der Waals surface area (Å²) in [6.07, 6.45) is 3.96. The van der Waals surface area contributed by atoms with Crippen LogP contribution in [0.2, 0.25) is 0 Å². The van der Waals surface area contributed by atoms with Gasteiger partial charge in [0.1, 0.15) is 0 Å². The number of aromatic nitrogens is 2. The Balaban J connectivity index is 1.79. The number of carbonyl (C=O) groups excluding carboxylic acids is 1. The largest absolute Gasteiger partial charge is 0.343 e. The monoisotopic (exact) mass is 271 g/mol. The van der Waals surface area contributed by atoms with Crippen molar-refractivity contribution in [3.63, 3.8) is 0 Å². The van der Waals surface area contributed by atoms with Crippen molar-refractivity contribution in [2.75, 3.05) is 13.1 Å². The predicted octanol–water partition coefficient (Wildman–Crippen LogP) is 1.41. The molecule has 0 saturated carbocycles. The van der Waals surface area contributed by atoms with Gasteiger partial charge in [0.25, 0.3) is 0 Å². The minimum absolute atomic E-state index is 0.0808. The number of para-hydroxylation sites is 1. The van der Waals surface area contributed by atoms with Gasteiger partial charge < -0.3 is 4.90 Å². The Bertz CT molecular complexity index is 687. The second kappa shape index (κ2) is 5.45. The minimum Gasteiger partial charge on any atom is -0.343 e. The Labute approximate surface area is 116 Å². The zero-order valence-corrected chi connectivity index (χ0v) is 11.3. The number of hydrogen-bond donors (Lipinski definition) is 0. The Kier molecular flexibility index (Phi) is 3.50. The third-order valence-corrected chi connectivity index (χ3v) is 3.76. The van der Waals surface area contributed by atoms with Gasteiger partial charge in [-0.2, -0.15) is 5.10 Å². The molecule has 1 aliphatic heterocycles. The van der Waals surface area contributed by atoms with Gasteiger partial charge in [0, 0.05) is 24.9 Å². The summed E-state index contributed by atoms with van der Waals surface area (Å²) in [6.45, 7) is 2.25. The average Bonchev–Trinajstić information content (AvgIpc) is 3.01. The van der Waals surface area contributed by atoms with Gasteiger partial charge >= 0.3 is 0 Å². The van der Waals surface area contributed by atoms with Crippen molar-refractivity contribution < 1.29 is 4.79 Å². The van der Waals surface area contributed by atoms with E-state index >= 15 is 0 Å². The first-order chi connectivity index (χ1) is 9.75. The number of hydrogen-bond acceptors (Lipinski definition) is 3. The molecule has 1 aromatic heterocycles. The molecule has 1 aliphatic rings. The predicted molar refractivity (Wildman–Crippen MR) is 76.4 cm³/mol. The molecular weight excluding hydrogens is 254 g/mol. The molecule has 1 saturated heterocycles. The van der Waals surface area contributed by atoms with Crippen LogP contribution >= 0.6 is 0 Å². The zero-order chi connectivity index (χ0) is 13.9. The van der Waals surface area contributed by atoms with Crippen LogP contribution in [0.5, 0.6) is 0 Å². The fraction of sp³-hybridized carbons (Fsp3) is 0.400. The van der Waals surface area contributed by atoms with Crippen LogP contribution in [0.3, 0.4) is 0 Å². The summed E-state index contributed by atoms with van der Waals surface area (Å²) >= 11 is 0. The molecule has 20 heavy (non-hydrogen) atoms. The first-order valence-corrected chi connectivity index (χ1v) is 6.98. The normalized spacial score (nSPS) is 14.9. The van der Waals surface area contributed by atoms with E-state index in [1.54, 1.807) is 10.7 Å². The van der Waals surface area contributed by atoms with Gasteiger partial charge in [-0.25, -0.2) is 0 Å². The summed E-state index contributed by atoms with van der Waals surface area (Å²) in [5, 5.41) is 4.79. The summed E-state index contributed by atoms with van der Waals surface area (Å²) < 4.78 is 1.74. The molecule has 0 bridgehead atoms. The molecule has 0 aliphatic carbocycles. The van der Waals surface area contributed by atoms with Gasteiger partial charge in [-0.3, -0.25) is 14.3 Å². The van der Waals surface area contributed by atoms with Gasteiger partial charge in [-0.15, -0.1) is 0 Å². The molecule has 0 unspecified atom stereocenters. The highest BCUT2D eigenvalue weighted by Crippen LogP contribution is 2.11. The highest BCUT2D eigenvalue weighted by atomic mass is 16.2. The molecule has 0 atom stereocenters. The SMILES string of the molecule is O=C(CCn1ncc(=O)c2ccccc21)N1CCCC1. The Morgan fingerprint density at radius 1 is 1.20 bits per heavy atom. The lowest BCUT2D eigenvalue weighted by atomic mass is 10.2. The number of likely N-dealkylation sites (tertiary alicyclic amines) is 1. The lowest BCUT2D eigenvalue weighted by Gasteiger charge is -2.16. The fourth-order valence-corrected chi connectivity index (χ4v) is 2.67. The number of benzene rings is 1. The number of rotatable bonds is 3. The number of aryl methyl sites for hydroxylation is 1. The summed E-state index contributed by atoms with van der Waals surface area (Å²) in [5.74, 6) is 0.173. The third kappa shape index (κ3) is 2.43. The smallest absolute Gasteiger partial charge is 0.224 e. The number of nitrogens with zero attached hydrogens (tertiary/aromatic N) is 3. The van der Waals surface area contributed by atoms with Gasteiger partial charge in [0.05, 0.1) is 18.3 Å². The van der Waals surface area contributed by atoms with E-state index in [1.807, 2.05) is 23.1 Å². The van der Waals surface area contributed by atoms with Crippen LogP contribution < -0.4 is 5.43 Å². The second-order valence-corrected chi connectivity index (χ2v) is 5.09. The van der Waals surface area contributed by atoms with Crippen LogP contribution in [-0.2, 0) is 11.3 Å². The standard InChI is InChI=1S/C15H17N3O2/c19-14-11-16-18(13-6-2-1-5-12(13)14)10-7-15(20)17-8-3-4-9-17/h1-2,5-6,11H,3-4,7-10H2. The van der Waals surface area contributed by atoms with Gasteiger partial charge in [-0.1, -0.05) is 12.1 Å². The number of amides is 1. The molecule has 0 spiro atoms. The molecule has 1 aromatic carbocycles. The van der Waals surface area contributed by atoms with E-state index in [2.05, 4.69) is 5.10 Å². The lowest BCUT2D eigenvalue weighted by Crippen LogP contribution is -2.28. The highest BCUT2D eigenvalue weighted by Gasteiger charge is 2.17. The van der Waals surface area contributed by atoms with Gasteiger partial charge in [0.15, 0.2) is 0 Å². The van der Waals surface area contributed by atoms with Crippen molar-refractivity contribution in [2.45, 2.75) is 25.8 Å². The molecule has 1 fully saturated rings. The van der Waals surface area contributed by atoms with E-state index in [0.717, 1.165) is 31.4 Å².